The minimum Gasteiger partial charge on any atom is -0.456 e. The van der Waals surface area contributed by atoms with Crippen LogP contribution in [0.25, 0.3) is 33.1 Å². The second kappa shape index (κ2) is 8.92. The zero-order chi connectivity index (χ0) is 24.6. The van der Waals surface area contributed by atoms with E-state index in [9.17, 15) is 0 Å². The fourth-order valence-corrected chi connectivity index (χ4v) is 4.97. The van der Waals surface area contributed by atoms with Gasteiger partial charge in [0.05, 0.1) is 0 Å². The molecule has 1 aliphatic rings. The maximum Gasteiger partial charge on any atom is 0.159 e. The van der Waals surface area contributed by atoms with Gasteiger partial charge in [-0.3, -0.25) is 0 Å². The van der Waals surface area contributed by atoms with Gasteiger partial charge in [-0.2, -0.15) is 0 Å². The lowest BCUT2D eigenvalue weighted by molar-refractivity contribution is 0.669. The van der Waals surface area contributed by atoms with Crippen molar-refractivity contribution < 1.29 is 4.42 Å². The molecular weight excluding hydrogens is 454 g/mol. The number of nitrogens with zero attached hydrogens (tertiary/aromatic N) is 2. The molecular formula is C33H23N3O. The number of nitrogens with one attached hydrogen (secondary N) is 1. The number of rotatable bonds is 4. The molecule has 7 rings (SSSR count). The topological polar surface area (TPSA) is 49.9 Å². The van der Waals surface area contributed by atoms with Gasteiger partial charge in [0.1, 0.15) is 23.2 Å². The van der Waals surface area contributed by atoms with Crippen molar-refractivity contribution >= 4 is 33.6 Å². The Morgan fingerprint density at radius 2 is 1.27 bits per heavy atom. The Bertz CT molecular complexity index is 1800. The standard InChI is InChI=1S/C33H23N3O/c1-3-11-22(12-4-1)31-34-32(23-13-5-2-6-14-23)36-33(35-31)25-16-9-15-24(21-25)26-18-10-20-29-30(26)27-17-7-8-19-28(27)37-29/h1-21,33H,(H,34,35,36). The molecule has 1 aliphatic heterocycles. The average Bonchev–Trinajstić information content (AvgIpc) is 3.37. The molecule has 1 N–H and O–H groups in total. The molecule has 0 fully saturated rings. The third-order valence-corrected chi connectivity index (χ3v) is 6.74. The SMILES string of the molecule is c1ccc(C2=NC(c3cccc(-c4cccc5oc6ccccc6c45)c3)NC(c3ccccc3)=N2)cc1. The van der Waals surface area contributed by atoms with Crippen LogP contribution in [0.4, 0.5) is 0 Å². The Kier molecular flexibility index (Phi) is 5.14. The number of hydrogen-bond donors (Lipinski definition) is 1. The predicted octanol–water partition coefficient (Wildman–Crippen LogP) is 7.75. The van der Waals surface area contributed by atoms with Crippen molar-refractivity contribution in [3.63, 3.8) is 0 Å². The molecule has 5 aromatic carbocycles. The van der Waals surface area contributed by atoms with Crippen molar-refractivity contribution in [2.45, 2.75) is 6.17 Å². The summed E-state index contributed by atoms with van der Waals surface area (Å²) >= 11 is 0. The van der Waals surface area contributed by atoms with Crippen LogP contribution in [0.15, 0.2) is 142 Å². The second-order valence-electron chi connectivity index (χ2n) is 9.09. The minimum atomic E-state index is -0.275. The van der Waals surface area contributed by atoms with Crippen molar-refractivity contribution in [2.75, 3.05) is 0 Å². The first-order valence-corrected chi connectivity index (χ1v) is 12.4. The third kappa shape index (κ3) is 3.89. The zero-order valence-corrected chi connectivity index (χ0v) is 20.0. The number of aliphatic imine (C=N–C) groups is 2. The molecule has 0 spiro atoms. The lowest BCUT2D eigenvalue weighted by atomic mass is 9.97. The lowest BCUT2D eigenvalue weighted by Crippen LogP contribution is -2.33. The van der Waals surface area contributed by atoms with Gasteiger partial charge in [0.15, 0.2) is 5.84 Å². The summed E-state index contributed by atoms with van der Waals surface area (Å²) in [5.41, 5.74) is 7.15. The number of furan rings is 1. The van der Waals surface area contributed by atoms with Gasteiger partial charge in [0, 0.05) is 21.9 Å². The van der Waals surface area contributed by atoms with Crippen LogP contribution < -0.4 is 5.32 Å². The van der Waals surface area contributed by atoms with Crippen LogP contribution >= 0.6 is 0 Å². The van der Waals surface area contributed by atoms with E-state index in [2.05, 4.69) is 78.1 Å². The number of benzene rings is 5. The summed E-state index contributed by atoms with van der Waals surface area (Å²) in [6, 6.07) is 43.4. The van der Waals surface area contributed by atoms with Gasteiger partial charge < -0.3 is 9.73 Å². The molecule has 0 amide bonds. The molecule has 6 aromatic rings. The van der Waals surface area contributed by atoms with Crippen molar-refractivity contribution in [2.24, 2.45) is 9.98 Å². The molecule has 2 heterocycles. The van der Waals surface area contributed by atoms with E-state index in [-0.39, 0.29) is 6.17 Å². The van der Waals surface area contributed by atoms with Gasteiger partial charge in [0.25, 0.3) is 0 Å². The van der Waals surface area contributed by atoms with E-state index in [1.165, 1.54) is 0 Å². The van der Waals surface area contributed by atoms with Crippen molar-refractivity contribution in [3.05, 3.63) is 144 Å². The van der Waals surface area contributed by atoms with Gasteiger partial charge in [0.2, 0.25) is 0 Å². The van der Waals surface area contributed by atoms with E-state index >= 15 is 0 Å². The van der Waals surface area contributed by atoms with Gasteiger partial charge in [-0.25, -0.2) is 9.98 Å². The first-order chi connectivity index (χ1) is 18.3. The number of para-hydroxylation sites is 1. The highest BCUT2D eigenvalue weighted by molar-refractivity contribution is 6.13. The Morgan fingerprint density at radius 1 is 0.595 bits per heavy atom. The maximum atomic E-state index is 6.14. The lowest BCUT2D eigenvalue weighted by Gasteiger charge is -2.24. The molecule has 0 bridgehead atoms. The van der Waals surface area contributed by atoms with E-state index in [1.54, 1.807) is 0 Å². The fourth-order valence-electron chi connectivity index (χ4n) is 4.97. The van der Waals surface area contributed by atoms with Gasteiger partial charge in [-0.1, -0.05) is 109 Å². The van der Waals surface area contributed by atoms with Crippen molar-refractivity contribution in [1.29, 1.82) is 0 Å². The largest absolute Gasteiger partial charge is 0.456 e. The molecule has 0 saturated carbocycles. The highest BCUT2D eigenvalue weighted by atomic mass is 16.3. The zero-order valence-electron chi connectivity index (χ0n) is 20.0. The molecule has 1 unspecified atom stereocenters. The number of hydrogen-bond acceptors (Lipinski definition) is 4. The van der Waals surface area contributed by atoms with E-state index in [4.69, 9.17) is 14.4 Å². The Balaban J connectivity index is 1.34. The second-order valence-corrected chi connectivity index (χ2v) is 9.09. The molecule has 1 aromatic heterocycles. The van der Waals surface area contributed by atoms with Crippen molar-refractivity contribution in [1.82, 2.24) is 5.32 Å². The Hall–Kier alpha value is -4.96. The van der Waals surface area contributed by atoms with Crippen LogP contribution in [0, 0.1) is 0 Å². The first kappa shape index (κ1) is 21.3. The highest BCUT2D eigenvalue weighted by Crippen LogP contribution is 2.37. The van der Waals surface area contributed by atoms with E-state index in [0.717, 1.165) is 61.4 Å². The molecule has 4 nitrogen and oxygen atoms in total. The first-order valence-electron chi connectivity index (χ1n) is 12.4. The van der Waals surface area contributed by atoms with Gasteiger partial charge in [-0.05, 0) is 34.9 Å². The minimum absolute atomic E-state index is 0.275. The number of amidine groups is 2. The molecule has 176 valence electrons. The fraction of sp³-hybridized carbons (Fsp3) is 0.0303. The normalized spacial score (nSPS) is 15.3. The quantitative estimate of drug-likeness (QED) is 0.282. The summed E-state index contributed by atoms with van der Waals surface area (Å²) < 4.78 is 6.14. The summed E-state index contributed by atoms with van der Waals surface area (Å²) in [5.74, 6) is 1.53. The number of fused-ring (bicyclic) bond motifs is 3. The monoisotopic (exact) mass is 477 g/mol. The molecule has 4 heteroatoms. The predicted molar refractivity (Wildman–Crippen MR) is 151 cm³/mol. The highest BCUT2D eigenvalue weighted by Gasteiger charge is 2.21. The van der Waals surface area contributed by atoms with Crippen LogP contribution in [-0.2, 0) is 0 Å². The van der Waals surface area contributed by atoms with Crippen LogP contribution in [-0.4, -0.2) is 11.7 Å². The maximum absolute atomic E-state index is 6.14. The van der Waals surface area contributed by atoms with Crippen molar-refractivity contribution in [3.8, 4) is 11.1 Å². The van der Waals surface area contributed by atoms with Crippen LogP contribution in [0.5, 0.6) is 0 Å². The van der Waals surface area contributed by atoms with Crippen LogP contribution in [0.2, 0.25) is 0 Å². The molecule has 37 heavy (non-hydrogen) atoms. The Labute approximate surface area is 214 Å². The molecule has 0 radical (unpaired) electrons. The van der Waals surface area contributed by atoms with Crippen LogP contribution in [0.1, 0.15) is 22.9 Å². The molecule has 1 atom stereocenters. The van der Waals surface area contributed by atoms with Gasteiger partial charge >= 0.3 is 0 Å². The smallest absolute Gasteiger partial charge is 0.159 e. The summed E-state index contributed by atoms with van der Waals surface area (Å²) in [5, 5.41) is 5.82. The molecule has 0 aliphatic carbocycles. The summed E-state index contributed by atoms with van der Waals surface area (Å²) in [6.07, 6.45) is -0.275. The summed E-state index contributed by atoms with van der Waals surface area (Å²) in [7, 11) is 0. The van der Waals surface area contributed by atoms with E-state index in [0.29, 0.717) is 0 Å². The average molecular weight is 478 g/mol. The third-order valence-electron chi connectivity index (χ3n) is 6.74. The van der Waals surface area contributed by atoms with Gasteiger partial charge in [-0.15, -0.1) is 0 Å². The van der Waals surface area contributed by atoms with Crippen LogP contribution in [0.3, 0.4) is 0 Å². The Morgan fingerprint density at radius 3 is 2.11 bits per heavy atom. The van der Waals surface area contributed by atoms with E-state index < -0.39 is 0 Å². The molecule has 0 saturated heterocycles. The summed E-state index contributed by atoms with van der Waals surface area (Å²) in [4.78, 5) is 9.92. The summed E-state index contributed by atoms with van der Waals surface area (Å²) in [6.45, 7) is 0. The van der Waals surface area contributed by atoms with E-state index in [1.807, 2.05) is 54.6 Å².